The Morgan fingerprint density at radius 1 is 1.14 bits per heavy atom. The van der Waals surface area contributed by atoms with Crippen LogP contribution in [0.4, 0.5) is 14.5 Å². The van der Waals surface area contributed by atoms with Crippen molar-refractivity contribution in [3.05, 3.63) is 41.8 Å². The van der Waals surface area contributed by atoms with E-state index >= 15 is 0 Å². The fraction of sp³-hybridized carbons (Fsp3) is 0.250. The molecule has 0 saturated carbocycles. The van der Waals surface area contributed by atoms with E-state index in [1.165, 1.54) is 30.3 Å². The third-order valence-electron chi connectivity index (χ3n) is 3.11. The minimum Gasteiger partial charge on any atom is -0.456 e. The highest BCUT2D eigenvalue weighted by Crippen LogP contribution is 2.17. The number of carbonyl (C=O) groups is 2. The van der Waals surface area contributed by atoms with Gasteiger partial charge in [-0.1, -0.05) is 6.07 Å². The zero-order valence-corrected chi connectivity index (χ0v) is 15.9. The van der Waals surface area contributed by atoms with Crippen LogP contribution in [0.25, 0.3) is 0 Å². The van der Waals surface area contributed by atoms with Crippen LogP contribution in [-0.4, -0.2) is 40.1 Å². The Hall–Kier alpha value is -2.57. The molecule has 0 aliphatic rings. The smallest absolute Gasteiger partial charge is 0.387 e. The molecule has 1 aromatic carbocycles. The van der Waals surface area contributed by atoms with Gasteiger partial charge in [0.15, 0.2) is 6.61 Å². The maximum atomic E-state index is 12.1. The van der Waals surface area contributed by atoms with Crippen molar-refractivity contribution in [3.8, 4) is 5.75 Å². The zero-order valence-electron chi connectivity index (χ0n) is 14.3. The second kappa shape index (κ2) is 10.1. The fourth-order valence-corrected chi connectivity index (χ4v) is 3.98. The van der Waals surface area contributed by atoms with Crippen molar-refractivity contribution in [3.63, 3.8) is 0 Å². The number of thiophene rings is 1. The van der Waals surface area contributed by atoms with E-state index in [1.807, 2.05) is 0 Å². The predicted octanol–water partition coefficient (Wildman–Crippen LogP) is 2.20. The molecule has 2 N–H and O–H groups in total. The Balaban J connectivity index is 1.68. The molecule has 0 aliphatic carbocycles. The van der Waals surface area contributed by atoms with Gasteiger partial charge in [-0.2, -0.15) is 8.78 Å². The summed E-state index contributed by atoms with van der Waals surface area (Å²) in [5.41, 5.74) is 0.298. The zero-order chi connectivity index (χ0) is 20.6. The van der Waals surface area contributed by atoms with E-state index in [0.717, 1.165) is 11.3 Å². The van der Waals surface area contributed by atoms with E-state index in [-0.39, 0.29) is 22.9 Å². The van der Waals surface area contributed by atoms with Gasteiger partial charge in [-0.05, 0) is 35.7 Å². The monoisotopic (exact) mass is 434 g/mol. The Kier molecular flexibility index (Phi) is 7.84. The van der Waals surface area contributed by atoms with Crippen LogP contribution in [0, 0.1) is 0 Å². The highest BCUT2D eigenvalue weighted by Gasteiger charge is 2.15. The molecule has 28 heavy (non-hydrogen) atoms. The molecule has 0 aliphatic heterocycles. The van der Waals surface area contributed by atoms with Gasteiger partial charge in [-0.25, -0.2) is 13.1 Å². The molecule has 8 nitrogen and oxygen atoms in total. The van der Waals surface area contributed by atoms with E-state index in [4.69, 9.17) is 4.74 Å². The van der Waals surface area contributed by atoms with E-state index in [1.54, 1.807) is 11.4 Å². The van der Waals surface area contributed by atoms with Crippen LogP contribution in [0.15, 0.2) is 46.0 Å². The summed E-state index contributed by atoms with van der Waals surface area (Å²) in [6, 6.07) is 8.20. The van der Waals surface area contributed by atoms with Crippen LogP contribution >= 0.6 is 11.3 Å². The summed E-state index contributed by atoms with van der Waals surface area (Å²) in [7, 11) is -3.67. The number of ether oxygens (including phenoxy) is 2. The van der Waals surface area contributed by atoms with Gasteiger partial charge < -0.3 is 14.8 Å². The van der Waals surface area contributed by atoms with E-state index < -0.39 is 35.1 Å². The topological polar surface area (TPSA) is 111 Å². The maximum absolute atomic E-state index is 12.1. The maximum Gasteiger partial charge on any atom is 0.387 e. The van der Waals surface area contributed by atoms with E-state index in [0.29, 0.717) is 5.69 Å². The van der Waals surface area contributed by atoms with Gasteiger partial charge in [0.2, 0.25) is 10.0 Å². The second-order valence-corrected chi connectivity index (χ2v) is 8.13. The third kappa shape index (κ3) is 7.21. The lowest BCUT2D eigenvalue weighted by Crippen LogP contribution is -2.27. The van der Waals surface area contributed by atoms with Crippen LogP contribution < -0.4 is 14.8 Å². The SMILES string of the molecule is O=C(COC(=O)CCNS(=O)(=O)c1cccs1)Nc1ccc(OC(F)F)cc1. The normalized spacial score (nSPS) is 11.2. The fourth-order valence-electron chi connectivity index (χ4n) is 1.91. The molecule has 1 aromatic heterocycles. The van der Waals surface area contributed by atoms with Gasteiger partial charge in [-0.3, -0.25) is 9.59 Å². The Morgan fingerprint density at radius 2 is 1.86 bits per heavy atom. The molecule has 0 unspecified atom stereocenters. The molecule has 0 saturated heterocycles. The molecule has 1 amide bonds. The van der Waals surface area contributed by atoms with E-state index in [9.17, 15) is 26.8 Å². The first-order valence-electron chi connectivity index (χ1n) is 7.80. The minimum absolute atomic E-state index is 0.0653. The second-order valence-electron chi connectivity index (χ2n) is 5.19. The van der Waals surface area contributed by atoms with E-state index in [2.05, 4.69) is 14.8 Å². The first kappa shape index (κ1) is 21.7. The molecule has 0 fully saturated rings. The van der Waals surface area contributed by atoms with Crippen LogP contribution in [0.3, 0.4) is 0 Å². The highest BCUT2D eigenvalue weighted by molar-refractivity contribution is 7.91. The Labute approximate surface area is 163 Å². The number of sulfonamides is 1. The molecule has 12 heteroatoms. The van der Waals surface area contributed by atoms with Gasteiger partial charge in [0.1, 0.15) is 9.96 Å². The number of amides is 1. The number of hydrogen-bond acceptors (Lipinski definition) is 7. The summed E-state index contributed by atoms with van der Waals surface area (Å²) in [6.45, 7) is -3.70. The molecular weight excluding hydrogens is 418 g/mol. The van der Waals surface area contributed by atoms with Crippen molar-refractivity contribution in [2.45, 2.75) is 17.2 Å². The lowest BCUT2D eigenvalue weighted by Gasteiger charge is -2.08. The number of hydrogen-bond donors (Lipinski definition) is 2. The number of alkyl halides is 2. The predicted molar refractivity (Wildman–Crippen MR) is 96.8 cm³/mol. The molecule has 2 rings (SSSR count). The van der Waals surface area contributed by atoms with Crippen molar-refractivity contribution in [2.24, 2.45) is 0 Å². The lowest BCUT2D eigenvalue weighted by molar-refractivity contribution is -0.147. The molecular formula is C16H16F2N2O6S2. The first-order valence-corrected chi connectivity index (χ1v) is 10.2. The van der Waals surface area contributed by atoms with Crippen molar-refractivity contribution in [1.29, 1.82) is 0 Å². The van der Waals surface area contributed by atoms with Crippen molar-refractivity contribution in [1.82, 2.24) is 4.72 Å². The largest absolute Gasteiger partial charge is 0.456 e. The molecule has 0 radical (unpaired) electrons. The number of rotatable bonds is 10. The van der Waals surface area contributed by atoms with Crippen molar-refractivity contribution >= 4 is 38.9 Å². The minimum atomic E-state index is -3.67. The van der Waals surface area contributed by atoms with Gasteiger partial charge in [0.05, 0.1) is 6.42 Å². The Morgan fingerprint density at radius 3 is 2.46 bits per heavy atom. The summed E-state index contributed by atoms with van der Waals surface area (Å²) < 4.78 is 59.1. The summed E-state index contributed by atoms with van der Waals surface area (Å²) in [5.74, 6) is -1.47. The molecule has 152 valence electrons. The first-order chi connectivity index (χ1) is 13.3. The molecule has 2 aromatic rings. The summed E-state index contributed by atoms with van der Waals surface area (Å²) in [4.78, 5) is 23.3. The van der Waals surface area contributed by atoms with Gasteiger partial charge >= 0.3 is 12.6 Å². The molecule has 0 spiro atoms. The van der Waals surface area contributed by atoms with Crippen molar-refractivity contribution < 1.29 is 36.3 Å². The average molecular weight is 434 g/mol. The van der Waals surface area contributed by atoms with Crippen LogP contribution in [0.2, 0.25) is 0 Å². The molecule has 1 heterocycles. The van der Waals surface area contributed by atoms with Crippen LogP contribution in [0.1, 0.15) is 6.42 Å². The molecule has 0 bridgehead atoms. The number of benzene rings is 1. The lowest BCUT2D eigenvalue weighted by atomic mass is 10.3. The molecule has 0 atom stereocenters. The Bertz CT molecular complexity index is 886. The van der Waals surface area contributed by atoms with Crippen LogP contribution in [-0.2, 0) is 24.3 Å². The number of anilines is 1. The summed E-state index contributed by atoms with van der Waals surface area (Å²) >= 11 is 1.04. The summed E-state index contributed by atoms with van der Waals surface area (Å²) in [6.07, 6.45) is -0.252. The summed E-state index contributed by atoms with van der Waals surface area (Å²) in [5, 5.41) is 4.02. The average Bonchev–Trinajstić information content (AvgIpc) is 3.17. The standard InChI is InChI=1S/C16H16F2N2O6S2/c17-16(18)26-12-5-3-11(4-6-12)20-13(21)10-25-14(22)7-8-19-28(23,24)15-2-1-9-27-15/h1-6,9,16,19H,7-8,10H2,(H,20,21). The quantitative estimate of drug-likeness (QED) is 0.555. The van der Waals surface area contributed by atoms with Gasteiger partial charge in [0, 0.05) is 12.2 Å². The number of carbonyl (C=O) groups excluding carboxylic acids is 2. The number of halogens is 2. The van der Waals surface area contributed by atoms with Gasteiger partial charge in [-0.15, -0.1) is 11.3 Å². The third-order valence-corrected chi connectivity index (χ3v) is 5.97. The van der Waals surface area contributed by atoms with Crippen molar-refractivity contribution in [2.75, 3.05) is 18.5 Å². The van der Waals surface area contributed by atoms with Gasteiger partial charge in [0.25, 0.3) is 5.91 Å². The number of esters is 1. The highest BCUT2D eigenvalue weighted by atomic mass is 32.2. The van der Waals surface area contributed by atoms with Crippen LogP contribution in [0.5, 0.6) is 5.75 Å². The number of nitrogens with one attached hydrogen (secondary N) is 2.